The molecule has 4 saturated carbocycles. The Labute approximate surface area is 323 Å². The summed E-state index contributed by atoms with van der Waals surface area (Å²) in [5.74, 6) is 2.43. The topological polar surface area (TPSA) is 72.9 Å². The Morgan fingerprint density at radius 1 is 0.868 bits per heavy atom. The molecule has 296 valence electrons. The van der Waals surface area contributed by atoms with Crippen LogP contribution in [0.4, 0.5) is 0 Å². The van der Waals surface area contributed by atoms with E-state index in [4.69, 9.17) is 0 Å². The van der Waals surface area contributed by atoms with Gasteiger partial charge in [-0.1, -0.05) is 79.2 Å². The van der Waals surface area contributed by atoms with Crippen LogP contribution in [-0.4, -0.2) is 73.1 Å². The third-order valence-electron chi connectivity index (χ3n) is 16.4. The van der Waals surface area contributed by atoms with E-state index in [1.807, 2.05) is 32.9 Å². The number of aromatic carboxylic acids is 1. The lowest BCUT2D eigenvalue weighted by Crippen LogP contribution is -2.65. The summed E-state index contributed by atoms with van der Waals surface area (Å²) >= 11 is 0. The van der Waals surface area contributed by atoms with Gasteiger partial charge in [-0.2, -0.15) is 0 Å². The van der Waals surface area contributed by atoms with Gasteiger partial charge in [0.1, 0.15) is 0 Å². The van der Waals surface area contributed by atoms with Crippen molar-refractivity contribution in [1.29, 1.82) is 0 Å². The maximum atomic E-state index is 12.9. The summed E-state index contributed by atoms with van der Waals surface area (Å²) in [6.07, 6.45) is 18.2. The maximum Gasteiger partial charge on any atom is 0.335 e. The van der Waals surface area contributed by atoms with E-state index in [0.717, 1.165) is 63.4 Å². The third kappa shape index (κ3) is 7.34. The molecule has 0 bridgehead atoms. The van der Waals surface area contributed by atoms with E-state index >= 15 is 0 Å². The number of nitrogens with zero attached hydrogens (tertiary/aromatic N) is 2. The number of fused-ring (bicyclic) bond motifs is 7. The van der Waals surface area contributed by atoms with E-state index in [-0.39, 0.29) is 10.8 Å². The first kappa shape index (κ1) is 41.7. The fourth-order valence-corrected chi connectivity index (χ4v) is 13.6. The van der Waals surface area contributed by atoms with Crippen LogP contribution in [0.1, 0.15) is 142 Å². The van der Waals surface area contributed by atoms with Crippen molar-refractivity contribution in [2.24, 2.45) is 50.7 Å². The second kappa shape index (κ2) is 16.3. The normalized spacial score (nSPS) is 37.2. The average Bonchev–Trinajstić information content (AvgIpc) is 3.56. The molecule has 5 fully saturated rings. The number of piperazine rings is 1. The summed E-state index contributed by atoms with van der Waals surface area (Å²) in [5.41, 5.74) is 4.42. The second-order valence-corrected chi connectivity index (χ2v) is 19.0. The van der Waals surface area contributed by atoms with Crippen LogP contribution in [0.15, 0.2) is 43.0 Å². The lowest BCUT2D eigenvalue weighted by atomic mass is 9.32. The molecule has 53 heavy (non-hydrogen) atoms. The first-order valence-electron chi connectivity index (χ1n) is 21.5. The van der Waals surface area contributed by atoms with Crippen LogP contribution in [0.2, 0.25) is 0 Å². The second-order valence-electron chi connectivity index (χ2n) is 19.0. The van der Waals surface area contributed by atoms with Crippen LogP contribution in [0.3, 0.4) is 0 Å². The predicted octanol–water partition coefficient (Wildman–Crippen LogP) is 10.2. The zero-order chi connectivity index (χ0) is 38.8. The number of likely N-dealkylation sites (N-methyl/N-ethyl adjacent to an activating group) is 1. The van der Waals surface area contributed by atoms with E-state index in [1.165, 1.54) is 68.9 Å². The van der Waals surface area contributed by atoms with Crippen molar-refractivity contribution >= 4 is 17.4 Å². The quantitative estimate of drug-likeness (QED) is 0.216. The summed E-state index contributed by atoms with van der Waals surface area (Å²) in [4.78, 5) is 28.8. The van der Waals surface area contributed by atoms with Gasteiger partial charge in [0.2, 0.25) is 5.91 Å². The summed E-state index contributed by atoms with van der Waals surface area (Å²) in [7, 11) is 2.14. The number of carboxylic acid groups (broad SMARTS) is 1. The number of hydrogen-bond acceptors (Lipinski definition) is 4. The highest BCUT2D eigenvalue weighted by atomic mass is 16.4. The average molecular weight is 730 g/mol. The van der Waals surface area contributed by atoms with Crippen molar-refractivity contribution in [3.63, 3.8) is 0 Å². The van der Waals surface area contributed by atoms with Gasteiger partial charge in [-0.05, 0) is 146 Å². The van der Waals surface area contributed by atoms with E-state index in [9.17, 15) is 14.7 Å². The molecule has 1 aromatic rings. The number of rotatable bonds is 7. The number of carbonyl (C=O) groups is 2. The zero-order valence-corrected chi connectivity index (χ0v) is 35.2. The zero-order valence-electron chi connectivity index (χ0n) is 35.2. The molecule has 2 N–H and O–H groups in total. The largest absolute Gasteiger partial charge is 0.478 e. The van der Waals surface area contributed by atoms with Gasteiger partial charge in [0.25, 0.3) is 0 Å². The fourth-order valence-electron chi connectivity index (χ4n) is 13.6. The summed E-state index contributed by atoms with van der Waals surface area (Å²) < 4.78 is 0. The van der Waals surface area contributed by atoms with Crippen molar-refractivity contribution in [3.8, 4) is 0 Å². The Morgan fingerprint density at radius 3 is 2.17 bits per heavy atom. The summed E-state index contributed by atoms with van der Waals surface area (Å²) in [5, 5.41) is 13.3. The molecule has 7 rings (SSSR count). The van der Waals surface area contributed by atoms with Crippen LogP contribution >= 0.6 is 0 Å². The molecule has 1 saturated heterocycles. The predicted molar refractivity (Wildman–Crippen MR) is 221 cm³/mol. The highest BCUT2D eigenvalue weighted by Crippen LogP contribution is 2.77. The Hall–Kier alpha value is -2.44. The number of hydrogen-bond donors (Lipinski definition) is 2. The van der Waals surface area contributed by atoms with E-state index in [2.05, 4.69) is 69.4 Å². The van der Waals surface area contributed by atoms with Crippen molar-refractivity contribution in [2.45, 2.75) is 126 Å². The molecule has 6 nitrogen and oxygen atoms in total. The minimum Gasteiger partial charge on any atom is -0.478 e. The third-order valence-corrected chi connectivity index (χ3v) is 16.4. The first-order valence-corrected chi connectivity index (χ1v) is 21.5. The SMILES string of the molecule is C=CC.CC.CN1CCN(C(=O)CCNCC23CCCC2C2CCC4C5(C)CC=C(c6ccc(C(=O)O)cc6)C(C)(C)C5CCC4(C)[C@]2(C)CC3)CC1. The highest BCUT2D eigenvalue weighted by molar-refractivity contribution is 5.88. The van der Waals surface area contributed by atoms with Gasteiger partial charge in [0.05, 0.1) is 5.56 Å². The number of nitrogens with one attached hydrogen (secondary N) is 1. The Morgan fingerprint density at radius 2 is 1.53 bits per heavy atom. The molecule has 5 aliphatic carbocycles. The molecule has 1 aliphatic heterocycles. The molecule has 1 amide bonds. The molecule has 1 aromatic carbocycles. The molecular weight excluding hydrogens is 655 g/mol. The summed E-state index contributed by atoms with van der Waals surface area (Å²) in [6.45, 7) is 27.9. The van der Waals surface area contributed by atoms with Crippen molar-refractivity contribution in [2.75, 3.05) is 46.3 Å². The van der Waals surface area contributed by atoms with Crippen molar-refractivity contribution < 1.29 is 14.7 Å². The smallest absolute Gasteiger partial charge is 0.335 e. The van der Waals surface area contributed by atoms with Gasteiger partial charge in [0, 0.05) is 45.7 Å². The van der Waals surface area contributed by atoms with Gasteiger partial charge in [-0.3, -0.25) is 4.79 Å². The number of allylic oxidation sites excluding steroid dienone is 3. The van der Waals surface area contributed by atoms with Crippen LogP contribution < -0.4 is 5.32 Å². The highest BCUT2D eigenvalue weighted by Gasteiger charge is 2.69. The summed E-state index contributed by atoms with van der Waals surface area (Å²) in [6, 6.07) is 7.63. The minimum atomic E-state index is -0.858. The van der Waals surface area contributed by atoms with E-state index in [0.29, 0.717) is 40.1 Å². The molecule has 6 heteroatoms. The molecule has 0 spiro atoms. The van der Waals surface area contributed by atoms with E-state index < -0.39 is 5.97 Å². The Kier molecular flexibility index (Phi) is 12.9. The molecule has 0 aromatic heterocycles. The Balaban J connectivity index is 0.00000103. The van der Waals surface area contributed by atoms with Gasteiger partial charge in [0.15, 0.2) is 0 Å². The first-order chi connectivity index (χ1) is 25.2. The lowest BCUT2D eigenvalue weighted by Gasteiger charge is -2.72. The number of carboxylic acids is 1. The number of amides is 1. The van der Waals surface area contributed by atoms with Crippen LogP contribution in [-0.2, 0) is 4.79 Å². The van der Waals surface area contributed by atoms with Gasteiger partial charge < -0.3 is 20.2 Å². The molecular formula is C47H75N3O3. The number of benzene rings is 1. The monoisotopic (exact) mass is 730 g/mol. The Bertz CT molecular complexity index is 1480. The minimum absolute atomic E-state index is 0.0431. The van der Waals surface area contributed by atoms with Crippen molar-refractivity contribution in [1.82, 2.24) is 15.1 Å². The number of carbonyl (C=O) groups excluding carboxylic acids is 1. The van der Waals surface area contributed by atoms with Crippen LogP contribution in [0.25, 0.3) is 5.57 Å². The molecule has 8 atom stereocenters. The van der Waals surface area contributed by atoms with Crippen LogP contribution in [0, 0.1) is 50.7 Å². The van der Waals surface area contributed by atoms with Crippen LogP contribution in [0.5, 0.6) is 0 Å². The van der Waals surface area contributed by atoms with Gasteiger partial charge in [-0.25, -0.2) is 4.79 Å². The van der Waals surface area contributed by atoms with Gasteiger partial charge in [-0.15, -0.1) is 6.58 Å². The maximum absolute atomic E-state index is 12.9. The standard InChI is InChI=1S/C42H63N3O3.C3H6.C2H6/c1-38(2)31(29-9-11-30(12-10-29)37(47)48)15-19-39(3)34(38)16-20-41(5)35(39)14-13-32-33-8-7-18-42(33,22-21-40(32,41)4)28-43-23-17-36(46)45-26-24-44(6)25-27-45;1-3-2;1-2/h9-12,15,32-35,43H,7-8,13-14,16-28H2,1-6H3,(H,47,48);3H,1H2,2H3;1-2H3/t32?,33?,34?,35?,39?,40-,41?,42?;;/m1../s1. The lowest BCUT2D eigenvalue weighted by molar-refractivity contribution is -0.222. The molecule has 0 radical (unpaired) electrons. The fraction of sp³-hybridized carbons (Fsp3) is 0.745. The van der Waals surface area contributed by atoms with Gasteiger partial charge >= 0.3 is 5.97 Å². The van der Waals surface area contributed by atoms with Crippen molar-refractivity contribution in [3.05, 3.63) is 54.1 Å². The molecule has 6 aliphatic rings. The molecule has 7 unspecified atom stereocenters. The van der Waals surface area contributed by atoms with E-state index in [1.54, 1.807) is 18.2 Å². The molecule has 1 heterocycles.